The highest BCUT2D eigenvalue weighted by Gasteiger charge is 2.55. The summed E-state index contributed by atoms with van der Waals surface area (Å²) in [5.74, 6) is -4.25. The number of thiazole rings is 1. The van der Waals surface area contributed by atoms with Crippen LogP contribution in [0.4, 0.5) is 15.2 Å². The molecule has 19 heteroatoms. The smallest absolute Gasteiger partial charge is 0.352 e. The summed E-state index contributed by atoms with van der Waals surface area (Å²) in [6.07, 6.45) is 1.27. The number of β-lactam (4-membered cyclic amide) rings is 1. The molecule has 0 aliphatic carbocycles. The van der Waals surface area contributed by atoms with Crippen LogP contribution in [0.1, 0.15) is 23.0 Å². The number of quaternary nitrogens is 1. The Kier molecular flexibility index (Phi) is 9.31. The van der Waals surface area contributed by atoms with Crippen LogP contribution < -0.4 is 21.4 Å². The average molecular weight is 730 g/mol. The lowest BCUT2D eigenvalue weighted by atomic mass is 10.0. The van der Waals surface area contributed by atoms with Crippen molar-refractivity contribution in [3.8, 4) is 0 Å². The van der Waals surface area contributed by atoms with Crippen molar-refractivity contribution < 1.29 is 43.1 Å². The molecule has 1 aromatic carbocycles. The van der Waals surface area contributed by atoms with Gasteiger partial charge in [0.15, 0.2) is 10.8 Å². The van der Waals surface area contributed by atoms with Gasteiger partial charge in [0, 0.05) is 34.8 Å². The molecule has 2 aromatic heterocycles. The average Bonchev–Trinajstić information content (AvgIpc) is 3.51. The quantitative estimate of drug-likeness (QED) is 0.0996. The Labute approximate surface area is 292 Å². The number of pyridine rings is 1. The van der Waals surface area contributed by atoms with Crippen molar-refractivity contribution in [1.82, 2.24) is 19.8 Å². The van der Waals surface area contributed by atoms with Crippen LogP contribution in [0.2, 0.25) is 0 Å². The van der Waals surface area contributed by atoms with E-state index in [1.54, 1.807) is 17.6 Å². The van der Waals surface area contributed by atoms with Crippen molar-refractivity contribution in [3.05, 3.63) is 62.3 Å². The number of halogens is 1. The zero-order chi connectivity index (χ0) is 36.1. The van der Waals surface area contributed by atoms with Gasteiger partial charge in [-0.15, -0.1) is 23.1 Å². The molecule has 5 N–H and O–H groups in total. The summed E-state index contributed by atoms with van der Waals surface area (Å²) in [5, 5.41) is 27.1. The van der Waals surface area contributed by atoms with E-state index in [1.165, 1.54) is 35.3 Å². The molecule has 2 atom stereocenters. The van der Waals surface area contributed by atoms with Gasteiger partial charge in [-0.25, -0.2) is 19.0 Å². The summed E-state index contributed by atoms with van der Waals surface area (Å²) in [6.45, 7) is 4.38. The summed E-state index contributed by atoms with van der Waals surface area (Å²) in [5.41, 5.74) is 5.69. The number of aromatic carboxylic acids is 1. The highest BCUT2D eigenvalue weighted by atomic mass is 32.2. The molecule has 50 heavy (non-hydrogen) atoms. The molecule has 0 unspecified atom stereocenters. The number of hydrogen-bond donors (Lipinski definition) is 4. The molecule has 0 saturated carbocycles. The number of aromatic nitrogens is 2. The van der Waals surface area contributed by atoms with Gasteiger partial charge in [0.05, 0.1) is 44.4 Å². The van der Waals surface area contributed by atoms with Crippen LogP contribution in [0.3, 0.4) is 0 Å². The number of amides is 2. The number of nitrogen functional groups attached to an aromatic ring is 1. The zero-order valence-corrected chi connectivity index (χ0v) is 28.8. The van der Waals surface area contributed by atoms with Crippen LogP contribution in [0.25, 0.3) is 10.9 Å². The Morgan fingerprint density at radius 1 is 1.20 bits per heavy atom. The number of piperazine rings is 1. The van der Waals surface area contributed by atoms with Gasteiger partial charge in [0.2, 0.25) is 5.43 Å². The number of fused-ring (bicyclic) bond motifs is 2. The van der Waals surface area contributed by atoms with E-state index in [2.05, 4.69) is 15.5 Å². The minimum Gasteiger partial charge on any atom is -0.477 e. The minimum absolute atomic E-state index is 0.0116. The Morgan fingerprint density at radius 3 is 2.52 bits per heavy atom. The van der Waals surface area contributed by atoms with Crippen molar-refractivity contribution in [1.29, 1.82) is 0 Å². The fourth-order valence-corrected chi connectivity index (χ4v) is 8.45. The van der Waals surface area contributed by atoms with Gasteiger partial charge < -0.3 is 40.1 Å². The zero-order valence-electron chi connectivity index (χ0n) is 27.2. The molecular weight excluding hydrogens is 696 g/mol. The van der Waals surface area contributed by atoms with E-state index in [9.17, 15) is 34.2 Å². The standard InChI is InChI=1S/C31H33FN8O8S2/c1-4-37-11-17(29(44)45)25(41)16-9-18(32)21(10-20(16)37)38-5-7-40(2,8-6-38)12-15-13-49-28-23(27(43)39(28)24(15)30(46)47)35-26(42)22(36-48-3)19-14-50-31(33)34-19/h9-11,14,23,28H,4-8,12-13H2,1-3H3,(H4-,33,34,35,42,44,45,46,47)/p+1/b36-22-/t23-,28-/m1/s1. The molecule has 0 radical (unpaired) electrons. The molecule has 3 aromatic rings. The Hall–Kier alpha value is -5.01. The molecule has 16 nitrogen and oxygen atoms in total. The monoisotopic (exact) mass is 729 g/mol. The number of carboxylic acids is 2. The fourth-order valence-electron chi connectivity index (χ4n) is 6.57. The maximum Gasteiger partial charge on any atom is 0.352 e. The van der Waals surface area contributed by atoms with E-state index in [1.807, 2.05) is 11.9 Å². The number of carbonyl (C=O) groups is 4. The van der Waals surface area contributed by atoms with Crippen LogP contribution in [0.5, 0.6) is 0 Å². The SMILES string of the molecule is CCn1cc(C(=O)O)c(=O)c2cc(F)c(N3CC[N+](C)(CC4=C(C(=O)O)N5C(=O)[C@@H](NC(=O)/C(=N\OC)c6csc(N)n6)[C@H]5SC4)CC3)cc21. The normalized spacial score (nSPS) is 20.4. The number of nitrogens with one attached hydrogen (secondary N) is 1. The molecule has 6 rings (SSSR count). The van der Waals surface area contributed by atoms with Crippen molar-refractivity contribution in [3.63, 3.8) is 0 Å². The lowest BCUT2D eigenvalue weighted by Gasteiger charge is -2.50. The van der Waals surface area contributed by atoms with Crippen LogP contribution in [0.15, 0.2) is 44.9 Å². The van der Waals surface area contributed by atoms with Crippen LogP contribution in [-0.2, 0) is 25.8 Å². The van der Waals surface area contributed by atoms with Crippen LogP contribution in [-0.4, -0.2) is 123 Å². The molecule has 0 bridgehead atoms. The Morgan fingerprint density at radius 2 is 1.92 bits per heavy atom. The summed E-state index contributed by atoms with van der Waals surface area (Å²) in [6, 6.07) is 1.67. The number of nitrogens with two attached hydrogens (primary N) is 1. The lowest BCUT2D eigenvalue weighted by Crippen LogP contribution is -2.71. The van der Waals surface area contributed by atoms with Gasteiger partial charge in [0.1, 0.15) is 47.8 Å². The highest BCUT2D eigenvalue weighted by Crippen LogP contribution is 2.41. The summed E-state index contributed by atoms with van der Waals surface area (Å²) in [7, 11) is 3.24. The summed E-state index contributed by atoms with van der Waals surface area (Å²) < 4.78 is 17.5. The molecule has 2 saturated heterocycles. The maximum atomic E-state index is 15.5. The highest BCUT2D eigenvalue weighted by molar-refractivity contribution is 8.00. The van der Waals surface area contributed by atoms with E-state index < -0.39 is 52.0 Å². The van der Waals surface area contributed by atoms with Crippen molar-refractivity contribution in [2.24, 2.45) is 5.16 Å². The molecule has 5 heterocycles. The van der Waals surface area contributed by atoms with E-state index in [4.69, 9.17) is 10.6 Å². The first-order valence-electron chi connectivity index (χ1n) is 15.5. The van der Waals surface area contributed by atoms with E-state index in [0.717, 1.165) is 17.4 Å². The van der Waals surface area contributed by atoms with Crippen molar-refractivity contribution in [2.45, 2.75) is 24.9 Å². The number of likely N-dealkylation sites (N-methyl/N-ethyl adjacent to an activating group) is 1. The lowest BCUT2D eigenvalue weighted by molar-refractivity contribution is -0.905. The first-order valence-corrected chi connectivity index (χ1v) is 17.4. The number of carbonyl (C=O) groups excluding carboxylic acids is 2. The predicted octanol–water partition coefficient (Wildman–Crippen LogP) is 0.953. The van der Waals surface area contributed by atoms with Gasteiger partial charge in [-0.05, 0) is 19.1 Å². The third kappa shape index (κ3) is 6.15. The predicted molar refractivity (Wildman–Crippen MR) is 184 cm³/mol. The number of carboxylic acid groups (broad SMARTS) is 2. The molecule has 2 amide bonds. The molecule has 264 valence electrons. The molecule has 3 aliphatic rings. The van der Waals surface area contributed by atoms with Crippen LogP contribution >= 0.6 is 23.1 Å². The molecule has 2 fully saturated rings. The van der Waals surface area contributed by atoms with Gasteiger partial charge in [-0.1, -0.05) is 5.16 Å². The summed E-state index contributed by atoms with van der Waals surface area (Å²) in [4.78, 5) is 75.2. The first-order chi connectivity index (χ1) is 23.8. The number of hydrogen-bond acceptors (Lipinski definition) is 12. The van der Waals surface area contributed by atoms with Gasteiger partial charge in [0.25, 0.3) is 11.8 Å². The van der Waals surface area contributed by atoms with Crippen molar-refractivity contribution in [2.75, 3.05) is 63.3 Å². The minimum atomic E-state index is -1.38. The number of oxime groups is 1. The Balaban J connectivity index is 1.17. The third-order valence-corrected chi connectivity index (χ3v) is 11.2. The van der Waals surface area contributed by atoms with Gasteiger partial charge in [-0.3, -0.25) is 19.3 Å². The second kappa shape index (κ2) is 13.4. The molecular formula is C31H34FN8O8S2+. The second-order valence-corrected chi connectivity index (χ2v) is 14.3. The molecule has 0 spiro atoms. The van der Waals surface area contributed by atoms with Gasteiger partial charge >= 0.3 is 11.9 Å². The fraction of sp³-hybridized carbons (Fsp3) is 0.387. The number of benzene rings is 1. The summed E-state index contributed by atoms with van der Waals surface area (Å²) >= 11 is 2.45. The van der Waals surface area contributed by atoms with E-state index in [0.29, 0.717) is 60.6 Å². The maximum absolute atomic E-state index is 15.5. The van der Waals surface area contributed by atoms with Crippen molar-refractivity contribution >= 4 is 74.3 Å². The largest absolute Gasteiger partial charge is 0.477 e. The van der Waals surface area contributed by atoms with E-state index in [-0.39, 0.29) is 33.3 Å². The third-order valence-electron chi connectivity index (χ3n) is 9.15. The number of rotatable bonds is 10. The number of aryl methyl sites for hydroxylation is 1. The second-order valence-electron chi connectivity index (χ2n) is 12.3. The number of thioether (sulfide) groups is 1. The van der Waals surface area contributed by atoms with E-state index >= 15 is 4.39 Å². The Bertz CT molecular complexity index is 2050. The first kappa shape index (κ1) is 34.8. The number of anilines is 2. The van der Waals surface area contributed by atoms with Gasteiger partial charge in [-0.2, -0.15) is 0 Å². The van der Waals surface area contributed by atoms with Crippen LogP contribution in [0, 0.1) is 5.82 Å². The number of nitrogens with zero attached hydrogens (tertiary/aromatic N) is 6. The topological polar surface area (TPSA) is 210 Å². The number of aliphatic carboxylic acids is 1. The molecule has 3 aliphatic heterocycles.